The van der Waals surface area contributed by atoms with E-state index in [2.05, 4.69) is 0 Å². The van der Waals surface area contributed by atoms with E-state index < -0.39 is 0 Å². The van der Waals surface area contributed by atoms with Crippen molar-refractivity contribution in [3.05, 3.63) is 10.1 Å². The minimum atomic E-state index is -0.319. The molecule has 0 saturated carbocycles. The van der Waals surface area contributed by atoms with Gasteiger partial charge in [-0.25, -0.2) is 0 Å². The van der Waals surface area contributed by atoms with E-state index in [4.69, 9.17) is 0 Å². The van der Waals surface area contributed by atoms with Gasteiger partial charge in [-0.05, 0) is 0 Å². The van der Waals surface area contributed by atoms with Crippen molar-refractivity contribution in [1.82, 2.24) is 0 Å². The van der Waals surface area contributed by atoms with Crippen LogP contribution in [-0.4, -0.2) is 62.9 Å². The van der Waals surface area contributed by atoms with Gasteiger partial charge in [-0.15, -0.1) is 0 Å². The molecule has 0 saturated heterocycles. The SMILES string of the molecule is CCC[N+](=O)[O-].[K]. The van der Waals surface area contributed by atoms with Crippen LogP contribution in [0.4, 0.5) is 0 Å². The second kappa shape index (κ2) is 7.04. The Morgan fingerprint density at radius 3 is 2.14 bits per heavy atom. The fraction of sp³-hybridized carbons (Fsp3) is 1.00. The number of nitro groups is 1. The van der Waals surface area contributed by atoms with Crippen LogP contribution >= 0.6 is 0 Å². The van der Waals surface area contributed by atoms with E-state index >= 15 is 0 Å². The molecule has 4 heteroatoms. The number of hydrogen-bond acceptors (Lipinski definition) is 2. The van der Waals surface area contributed by atoms with Gasteiger partial charge in [-0.2, -0.15) is 0 Å². The van der Waals surface area contributed by atoms with Crippen LogP contribution in [-0.2, 0) is 0 Å². The first-order chi connectivity index (χ1) is 2.77. The molecule has 0 aromatic rings. The van der Waals surface area contributed by atoms with Gasteiger partial charge < -0.3 is 0 Å². The normalized spacial score (nSPS) is 7.00. The van der Waals surface area contributed by atoms with Crippen molar-refractivity contribution in [2.75, 3.05) is 6.54 Å². The zero-order valence-electron chi connectivity index (χ0n) is 4.68. The molecule has 0 atom stereocenters. The van der Waals surface area contributed by atoms with Crippen molar-refractivity contribution in [3.8, 4) is 0 Å². The van der Waals surface area contributed by atoms with Crippen LogP contribution in [0.3, 0.4) is 0 Å². The largest absolute Gasteiger partial charge is 0.265 e. The number of nitrogens with zero attached hydrogens (tertiary/aromatic N) is 1. The van der Waals surface area contributed by atoms with E-state index in [-0.39, 0.29) is 62.9 Å². The quantitative estimate of drug-likeness (QED) is 0.305. The summed E-state index contributed by atoms with van der Waals surface area (Å²) in [4.78, 5) is 9.09. The van der Waals surface area contributed by atoms with E-state index in [0.717, 1.165) is 0 Å². The first kappa shape index (κ1) is 10.9. The predicted octanol–water partition coefficient (Wildman–Crippen LogP) is 0.292. The first-order valence-electron chi connectivity index (χ1n) is 1.89. The van der Waals surface area contributed by atoms with Crippen molar-refractivity contribution in [3.63, 3.8) is 0 Å². The summed E-state index contributed by atoms with van der Waals surface area (Å²) in [5.74, 6) is 0. The van der Waals surface area contributed by atoms with Gasteiger partial charge in [-0.1, -0.05) is 6.92 Å². The summed E-state index contributed by atoms with van der Waals surface area (Å²) < 4.78 is 0. The second-order valence-corrected chi connectivity index (χ2v) is 1.06. The maximum Gasteiger partial charge on any atom is 0.203 e. The Balaban J connectivity index is 0. The minimum Gasteiger partial charge on any atom is -0.265 e. The average molecular weight is 128 g/mol. The summed E-state index contributed by atoms with van der Waals surface area (Å²) in [5, 5.41) is 9.40. The molecule has 0 aromatic heterocycles. The van der Waals surface area contributed by atoms with Crippen LogP contribution in [0, 0.1) is 10.1 Å². The van der Waals surface area contributed by atoms with Crippen molar-refractivity contribution < 1.29 is 4.92 Å². The first-order valence-corrected chi connectivity index (χ1v) is 1.89. The van der Waals surface area contributed by atoms with Crippen LogP contribution in [0.5, 0.6) is 0 Å². The molecule has 0 spiro atoms. The van der Waals surface area contributed by atoms with E-state index in [1.807, 2.05) is 0 Å². The average Bonchev–Trinajstić information content (AvgIpc) is 1.35. The molecule has 1 radical (unpaired) electrons. The summed E-state index contributed by atoms with van der Waals surface area (Å²) >= 11 is 0. The molecule has 0 amide bonds. The van der Waals surface area contributed by atoms with E-state index in [1.165, 1.54) is 0 Å². The fourth-order valence-corrected chi connectivity index (χ4v) is 0.183. The zero-order chi connectivity index (χ0) is 4.99. The summed E-state index contributed by atoms with van der Waals surface area (Å²) in [6, 6.07) is 0. The maximum absolute atomic E-state index is 9.40. The molecule has 0 N–H and O–H groups in total. The van der Waals surface area contributed by atoms with Gasteiger partial charge in [0.1, 0.15) is 0 Å². The van der Waals surface area contributed by atoms with Crippen molar-refractivity contribution >= 4 is 51.4 Å². The molecule has 0 aliphatic carbocycles. The summed E-state index contributed by atoms with van der Waals surface area (Å²) in [5.41, 5.74) is 0. The van der Waals surface area contributed by atoms with Gasteiger partial charge in [-0.3, -0.25) is 10.1 Å². The third-order valence-electron chi connectivity index (χ3n) is 0.406. The van der Waals surface area contributed by atoms with Gasteiger partial charge in [0.25, 0.3) is 0 Å². The van der Waals surface area contributed by atoms with E-state index in [9.17, 15) is 10.1 Å². The molecule has 3 nitrogen and oxygen atoms in total. The molecule has 0 rings (SSSR count). The Hall–Kier alpha value is 1.04. The van der Waals surface area contributed by atoms with Gasteiger partial charge >= 0.3 is 0 Å². The van der Waals surface area contributed by atoms with E-state index in [1.54, 1.807) is 6.92 Å². The van der Waals surface area contributed by atoms with Crippen molar-refractivity contribution in [1.29, 1.82) is 0 Å². The standard InChI is InChI=1S/C3H7NO2.K/c1-2-3-4(5)6;/h2-3H2,1H3;. The third kappa shape index (κ3) is 11.0. The summed E-state index contributed by atoms with van der Waals surface area (Å²) in [6.07, 6.45) is 0.632. The molecule has 7 heavy (non-hydrogen) atoms. The van der Waals surface area contributed by atoms with Gasteiger partial charge in [0.05, 0.1) is 0 Å². The minimum absolute atomic E-state index is 0. The molecular formula is C3H7KNO2. The Kier molecular flexibility index (Phi) is 11.0. The summed E-state index contributed by atoms with van der Waals surface area (Å²) in [7, 11) is 0. The maximum atomic E-state index is 9.40. The van der Waals surface area contributed by atoms with Crippen molar-refractivity contribution in [2.45, 2.75) is 13.3 Å². The van der Waals surface area contributed by atoms with Crippen LogP contribution in [0.1, 0.15) is 13.3 Å². The molecule has 0 aliphatic rings. The molecule has 0 aliphatic heterocycles. The summed E-state index contributed by atoms with van der Waals surface area (Å²) in [6.45, 7) is 1.88. The Morgan fingerprint density at radius 1 is 1.71 bits per heavy atom. The number of rotatable bonds is 2. The van der Waals surface area contributed by atoms with Gasteiger partial charge in [0.2, 0.25) is 6.54 Å². The van der Waals surface area contributed by atoms with Crippen molar-refractivity contribution in [2.24, 2.45) is 0 Å². The van der Waals surface area contributed by atoms with Crippen LogP contribution in [0.15, 0.2) is 0 Å². The topological polar surface area (TPSA) is 43.1 Å². The molecule has 0 fully saturated rings. The smallest absolute Gasteiger partial charge is 0.203 e. The fourth-order valence-electron chi connectivity index (χ4n) is 0.183. The Morgan fingerprint density at radius 2 is 2.14 bits per heavy atom. The van der Waals surface area contributed by atoms with Gasteiger partial charge in [0, 0.05) is 62.7 Å². The third-order valence-corrected chi connectivity index (χ3v) is 0.406. The van der Waals surface area contributed by atoms with Crippen LogP contribution in [0.2, 0.25) is 0 Å². The predicted molar refractivity (Wildman–Crippen MR) is 27.9 cm³/mol. The molecule has 0 bridgehead atoms. The molecule has 0 unspecified atom stereocenters. The van der Waals surface area contributed by atoms with E-state index in [0.29, 0.717) is 6.42 Å². The van der Waals surface area contributed by atoms with Gasteiger partial charge in [0.15, 0.2) is 0 Å². The van der Waals surface area contributed by atoms with Crippen LogP contribution in [0.25, 0.3) is 0 Å². The Bertz CT molecular complexity index is 56.9. The molecule has 0 heterocycles. The monoisotopic (exact) mass is 128 g/mol. The molecule has 0 aromatic carbocycles. The molecular weight excluding hydrogens is 121 g/mol. The van der Waals surface area contributed by atoms with Crippen LogP contribution < -0.4 is 0 Å². The molecule has 37 valence electrons. The zero-order valence-corrected chi connectivity index (χ0v) is 7.80. The number of hydrogen-bond donors (Lipinski definition) is 0. The second-order valence-electron chi connectivity index (χ2n) is 1.06. The Labute approximate surface area is 85.0 Å².